The molecule has 2 unspecified atom stereocenters. The molecule has 1 rings (SSSR count). The minimum atomic E-state index is -0.650. The summed E-state index contributed by atoms with van der Waals surface area (Å²) >= 11 is 0. The Bertz CT molecular complexity index is 427. The molecular formula is C16H24O3. The number of carbonyl (C=O) groups excluding carboxylic acids is 2. The molecule has 0 amide bonds. The van der Waals surface area contributed by atoms with Crippen LogP contribution in [0.2, 0.25) is 0 Å². The normalized spacial score (nSPS) is 27.6. The monoisotopic (exact) mass is 264 g/mol. The van der Waals surface area contributed by atoms with Crippen molar-refractivity contribution in [3.8, 4) is 0 Å². The Morgan fingerprint density at radius 3 is 2.37 bits per heavy atom. The van der Waals surface area contributed by atoms with Gasteiger partial charge in [-0.3, -0.25) is 9.59 Å². The van der Waals surface area contributed by atoms with Crippen LogP contribution in [0.4, 0.5) is 0 Å². The van der Waals surface area contributed by atoms with Gasteiger partial charge < -0.3 is 4.74 Å². The van der Waals surface area contributed by atoms with E-state index in [0.29, 0.717) is 12.8 Å². The Balaban J connectivity index is 3.36. The molecule has 1 saturated heterocycles. The molecule has 3 heteroatoms. The van der Waals surface area contributed by atoms with Crippen LogP contribution >= 0.6 is 0 Å². The average molecular weight is 264 g/mol. The summed E-state index contributed by atoms with van der Waals surface area (Å²) in [6.07, 6.45) is 4.21. The lowest BCUT2D eigenvalue weighted by Crippen LogP contribution is -2.28. The molecule has 0 aromatic carbocycles. The number of aldehydes is 1. The summed E-state index contributed by atoms with van der Waals surface area (Å²) in [6, 6.07) is 0. The van der Waals surface area contributed by atoms with E-state index in [1.54, 1.807) is 0 Å². The molecule has 19 heavy (non-hydrogen) atoms. The van der Waals surface area contributed by atoms with Crippen LogP contribution in [0.15, 0.2) is 22.8 Å². The molecule has 0 aromatic rings. The Morgan fingerprint density at radius 2 is 2.00 bits per heavy atom. The standard InChI is InChI=1S/C16H24O3/c1-6-12(5)14(8-11(3)4)16(7-2)9-13(10-17)19-15(16)18/h8,10,13H,6-7,9H2,1-5H3/b14-12+. The topological polar surface area (TPSA) is 43.4 Å². The fraction of sp³-hybridized carbons (Fsp3) is 0.625. The third kappa shape index (κ3) is 2.96. The Labute approximate surface area is 115 Å². The molecule has 0 radical (unpaired) electrons. The van der Waals surface area contributed by atoms with Crippen LogP contribution in [0.1, 0.15) is 53.9 Å². The first kappa shape index (κ1) is 15.7. The lowest BCUT2D eigenvalue weighted by atomic mass is 9.72. The summed E-state index contributed by atoms with van der Waals surface area (Å²) in [5, 5.41) is 0. The van der Waals surface area contributed by atoms with Crippen molar-refractivity contribution in [3.05, 3.63) is 22.8 Å². The Hall–Kier alpha value is -1.38. The van der Waals surface area contributed by atoms with Crippen LogP contribution in [-0.2, 0) is 14.3 Å². The molecule has 0 N–H and O–H groups in total. The van der Waals surface area contributed by atoms with Gasteiger partial charge >= 0.3 is 5.97 Å². The van der Waals surface area contributed by atoms with Crippen LogP contribution in [0.5, 0.6) is 0 Å². The van der Waals surface area contributed by atoms with Gasteiger partial charge in [0, 0.05) is 6.42 Å². The molecule has 1 aliphatic heterocycles. The summed E-state index contributed by atoms with van der Waals surface area (Å²) in [4.78, 5) is 23.2. The smallest absolute Gasteiger partial charge is 0.317 e. The van der Waals surface area contributed by atoms with Crippen molar-refractivity contribution >= 4 is 12.3 Å². The van der Waals surface area contributed by atoms with Gasteiger partial charge in [-0.05, 0) is 39.2 Å². The number of carbonyl (C=O) groups is 2. The summed E-state index contributed by atoms with van der Waals surface area (Å²) in [5.74, 6) is -0.257. The van der Waals surface area contributed by atoms with Crippen LogP contribution in [0.3, 0.4) is 0 Å². The van der Waals surface area contributed by atoms with Gasteiger partial charge in [-0.1, -0.05) is 31.1 Å². The zero-order chi connectivity index (χ0) is 14.6. The maximum absolute atomic E-state index is 12.3. The second-order valence-corrected chi connectivity index (χ2v) is 5.49. The third-order valence-electron chi connectivity index (χ3n) is 3.89. The largest absolute Gasteiger partial charge is 0.454 e. The lowest BCUT2D eigenvalue weighted by Gasteiger charge is -2.27. The van der Waals surface area contributed by atoms with Gasteiger partial charge in [0.1, 0.15) is 0 Å². The highest BCUT2D eigenvalue weighted by Crippen LogP contribution is 2.45. The first-order valence-corrected chi connectivity index (χ1v) is 6.92. The number of esters is 1. The van der Waals surface area contributed by atoms with Crippen molar-refractivity contribution in [2.45, 2.75) is 60.0 Å². The molecule has 1 fully saturated rings. The second-order valence-electron chi connectivity index (χ2n) is 5.49. The zero-order valence-electron chi connectivity index (χ0n) is 12.6. The van der Waals surface area contributed by atoms with Gasteiger partial charge in [0.05, 0.1) is 5.41 Å². The van der Waals surface area contributed by atoms with Gasteiger partial charge in [-0.15, -0.1) is 0 Å². The third-order valence-corrected chi connectivity index (χ3v) is 3.89. The number of allylic oxidation sites excluding steroid dienone is 3. The highest BCUT2D eigenvalue weighted by molar-refractivity contribution is 5.86. The van der Waals surface area contributed by atoms with E-state index in [-0.39, 0.29) is 5.97 Å². The van der Waals surface area contributed by atoms with Crippen molar-refractivity contribution in [3.63, 3.8) is 0 Å². The highest BCUT2D eigenvalue weighted by atomic mass is 16.6. The zero-order valence-corrected chi connectivity index (χ0v) is 12.6. The van der Waals surface area contributed by atoms with E-state index in [1.165, 1.54) is 5.57 Å². The van der Waals surface area contributed by atoms with E-state index in [2.05, 4.69) is 13.0 Å². The summed E-state index contributed by atoms with van der Waals surface area (Å²) in [5.41, 5.74) is 2.72. The summed E-state index contributed by atoms with van der Waals surface area (Å²) in [6.45, 7) is 10.1. The molecule has 0 bridgehead atoms. The molecule has 3 nitrogen and oxygen atoms in total. The van der Waals surface area contributed by atoms with E-state index in [1.807, 2.05) is 27.7 Å². The predicted octanol–water partition coefficient (Wildman–Crippen LogP) is 3.59. The minimum absolute atomic E-state index is 0.257. The molecule has 0 saturated carbocycles. The van der Waals surface area contributed by atoms with Gasteiger partial charge in [0.15, 0.2) is 12.4 Å². The van der Waals surface area contributed by atoms with Gasteiger partial charge in [0.25, 0.3) is 0 Å². The average Bonchev–Trinajstić information content (AvgIpc) is 2.72. The highest BCUT2D eigenvalue weighted by Gasteiger charge is 2.50. The summed E-state index contributed by atoms with van der Waals surface area (Å²) in [7, 11) is 0. The van der Waals surface area contributed by atoms with E-state index >= 15 is 0 Å². The molecular weight excluding hydrogens is 240 g/mol. The van der Waals surface area contributed by atoms with Crippen molar-refractivity contribution in [2.24, 2.45) is 5.41 Å². The second kappa shape index (κ2) is 6.18. The van der Waals surface area contributed by atoms with Crippen molar-refractivity contribution in [1.82, 2.24) is 0 Å². The number of hydrogen-bond acceptors (Lipinski definition) is 3. The number of ether oxygens (including phenoxy) is 1. The molecule has 106 valence electrons. The van der Waals surface area contributed by atoms with Crippen molar-refractivity contribution in [1.29, 1.82) is 0 Å². The number of hydrogen-bond donors (Lipinski definition) is 0. The fourth-order valence-corrected chi connectivity index (χ4v) is 2.64. The van der Waals surface area contributed by atoms with Crippen molar-refractivity contribution in [2.75, 3.05) is 0 Å². The molecule has 2 atom stereocenters. The van der Waals surface area contributed by atoms with Gasteiger partial charge in [-0.2, -0.15) is 0 Å². The van der Waals surface area contributed by atoms with E-state index in [0.717, 1.165) is 23.9 Å². The first-order chi connectivity index (χ1) is 8.91. The fourth-order valence-electron chi connectivity index (χ4n) is 2.64. The molecule has 0 aromatic heterocycles. The molecule has 0 spiro atoms. The quantitative estimate of drug-likeness (QED) is 0.433. The maximum atomic E-state index is 12.3. The minimum Gasteiger partial charge on any atom is -0.454 e. The van der Waals surface area contributed by atoms with E-state index in [4.69, 9.17) is 4.74 Å². The first-order valence-electron chi connectivity index (χ1n) is 6.92. The van der Waals surface area contributed by atoms with Crippen LogP contribution in [0, 0.1) is 5.41 Å². The van der Waals surface area contributed by atoms with E-state index < -0.39 is 11.5 Å². The Morgan fingerprint density at radius 1 is 1.37 bits per heavy atom. The lowest BCUT2D eigenvalue weighted by molar-refractivity contribution is -0.149. The number of cyclic esters (lactones) is 1. The van der Waals surface area contributed by atoms with Gasteiger partial charge in [0.2, 0.25) is 0 Å². The predicted molar refractivity (Wildman–Crippen MR) is 75.7 cm³/mol. The van der Waals surface area contributed by atoms with Crippen LogP contribution < -0.4 is 0 Å². The molecule has 0 aliphatic carbocycles. The number of rotatable bonds is 5. The van der Waals surface area contributed by atoms with E-state index in [9.17, 15) is 9.59 Å². The van der Waals surface area contributed by atoms with Crippen LogP contribution in [0.25, 0.3) is 0 Å². The van der Waals surface area contributed by atoms with Crippen LogP contribution in [-0.4, -0.2) is 18.4 Å². The molecule has 1 heterocycles. The summed E-state index contributed by atoms with van der Waals surface area (Å²) < 4.78 is 5.20. The van der Waals surface area contributed by atoms with Crippen molar-refractivity contribution < 1.29 is 14.3 Å². The Kier molecular flexibility index (Phi) is 5.10. The maximum Gasteiger partial charge on any atom is 0.317 e. The van der Waals surface area contributed by atoms with Gasteiger partial charge in [-0.25, -0.2) is 0 Å². The SMILES string of the molecule is CC/C(C)=C(\C=C(C)C)C1(CC)CC(C=O)OC1=O. The molecule has 1 aliphatic rings.